The van der Waals surface area contributed by atoms with Gasteiger partial charge in [0.15, 0.2) is 11.3 Å². The van der Waals surface area contributed by atoms with Crippen LogP contribution in [0.1, 0.15) is 61.0 Å². The fourth-order valence-electron chi connectivity index (χ4n) is 5.25. The molecule has 35 heavy (non-hydrogen) atoms. The summed E-state index contributed by atoms with van der Waals surface area (Å²) < 4.78 is 0. The van der Waals surface area contributed by atoms with Crippen LogP contribution in [0.25, 0.3) is 0 Å². The number of Topliss-reactive ketones (excluding diaryl/α,β-unsaturated/α-hetero) is 1. The first-order valence-corrected chi connectivity index (χ1v) is 11.6. The number of aromatic nitrogens is 1. The maximum atomic E-state index is 12.6. The zero-order valence-electron chi connectivity index (χ0n) is 19.6. The SMILES string of the molecule is N=C(N)c1ccc(C(N)=O)cn1.NCC(=O)C1(C(=O)O)C(C2CCCCC2)CCCN1CC(=O)O. The highest BCUT2D eigenvalue weighted by molar-refractivity contribution is 6.09. The number of primary amides is 1. The number of rotatable bonds is 8. The van der Waals surface area contributed by atoms with Crippen LogP contribution in [0.3, 0.4) is 0 Å². The predicted molar refractivity (Wildman–Crippen MR) is 127 cm³/mol. The van der Waals surface area contributed by atoms with Gasteiger partial charge in [-0.25, -0.2) is 4.79 Å². The van der Waals surface area contributed by atoms with E-state index in [-0.39, 0.29) is 24.2 Å². The quantitative estimate of drug-likeness (QED) is 0.164. The average molecular weight is 491 g/mol. The van der Waals surface area contributed by atoms with Crippen molar-refractivity contribution in [3.63, 3.8) is 0 Å². The molecule has 0 radical (unpaired) electrons. The Kier molecular flexibility index (Phi) is 9.84. The summed E-state index contributed by atoms with van der Waals surface area (Å²) in [5, 5.41) is 26.1. The average Bonchev–Trinajstić information content (AvgIpc) is 2.83. The molecule has 2 unspecified atom stereocenters. The number of nitrogens with one attached hydrogen (secondary N) is 1. The molecule has 3 rings (SSSR count). The first kappa shape index (κ1) is 27.9. The van der Waals surface area contributed by atoms with Crippen molar-refractivity contribution < 1.29 is 29.4 Å². The largest absolute Gasteiger partial charge is 0.480 e. The number of ketones is 1. The number of amidine groups is 1. The van der Waals surface area contributed by atoms with Crippen LogP contribution >= 0.6 is 0 Å². The molecule has 2 aliphatic rings. The molecule has 1 aliphatic heterocycles. The maximum Gasteiger partial charge on any atom is 0.332 e. The summed E-state index contributed by atoms with van der Waals surface area (Å²) in [7, 11) is 0. The van der Waals surface area contributed by atoms with E-state index in [4.69, 9.17) is 27.7 Å². The third kappa shape index (κ3) is 6.40. The van der Waals surface area contributed by atoms with Gasteiger partial charge in [-0.3, -0.25) is 29.7 Å². The molecule has 9 N–H and O–H groups in total. The fraction of sp³-hybridized carbons (Fsp3) is 0.565. The number of carbonyl (C=O) groups excluding carboxylic acids is 2. The molecule has 2 heterocycles. The molecular formula is C23H34N6O6. The van der Waals surface area contributed by atoms with Crippen molar-refractivity contribution in [1.82, 2.24) is 9.88 Å². The van der Waals surface area contributed by atoms with Crippen LogP contribution in [0, 0.1) is 17.2 Å². The van der Waals surface area contributed by atoms with Gasteiger partial charge in [0.05, 0.1) is 18.7 Å². The third-order valence-corrected chi connectivity index (χ3v) is 6.78. The van der Waals surface area contributed by atoms with Crippen molar-refractivity contribution in [2.24, 2.45) is 29.0 Å². The highest BCUT2D eigenvalue weighted by atomic mass is 16.4. The Morgan fingerprint density at radius 3 is 2.17 bits per heavy atom. The van der Waals surface area contributed by atoms with Crippen LogP contribution in [0.5, 0.6) is 0 Å². The van der Waals surface area contributed by atoms with E-state index in [0.717, 1.165) is 32.1 Å². The zero-order valence-corrected chi connectivity index (χ0v) is 19.6. The number of carboxylic acids is 2. The Morgan fingerprint density at radius 2 is 1.71 bits per heavy atom. The van der Waals surface area contributed by atoms with Gasteiger partial charge in [0.25, 0.3) is 0 Å². The third-order valence-electron chi connectivity index (χ3n) is 6.78. The molecule has 192 valence electrons. The van der Waals surface area contributed by atoms with Crippen LogP contribution in [-0.2, 0) is 14.4 Å². The number of piperidine rings is 1. The summed E-state index contributed by atoms with van der Waals surface area (Å²) in [6.45, 7) is -0.527. The molecule has 2 atom stereocenters. The Balaban J connectivity index is 0.000000303. The minimum atomic E-state index is -1.78. The van der Waals surface area contributed by atoms with E-state index in [2.05, 4.69) is 4.98 Å². The van der Waals surface area contributed by atoms with Crippen LogP contribution in [0.4, 0.5) is 0 Å². The maximum absolute atomic E-state index is 12.6. The molecule has 0 spiro atoms. The Morgan fingerprint density at radius 1 is 1.06 bits per heavy atom. The van der Waals surface area contributed by atoms with Crippen LogP contribution in [0.2, 0.25) is 0 Å². The highest BCUT2D eigenvalue weighted by Gasteiger charge is 2.59. The van der Waals surface area contributed by atoms with Crippen LogP contribution < -0.4 is 17.2 Å². The number of carboxylic acid groups (broad SMARTS) is 2. The van der Waals surface area contributed by atoms with E-state index < -0.39 is 35.7 Å². The van der Waals surface area contributed by atoms with Crippen molar-refractivity contribution >= 4 is 29.5 Å². The molecule has 1 saturated heterocycles. The van der Waals surface area contributed by atoms with E-state index >= 15 is 0 Å². The molecule has 1 aliphatic carbocycles. The number of hydrogen-bond acceptors (Lipinski definition) is 8. The summed E-state index contributed by atoms with van der Waals surface area (Å²) in [6.07, 6.45) is 7.64. The topological polar surface area (TPSA) is 227 Å². The smallest absolute Gasteiger partial charge is 0.332 e. The fourth-order valence-corrected chi connectivity index (χ4v) is 5.25. The Hall–Kier alpha value is -3.38. The molecule has 1 aromatic heterocycles. The van der Waals surface area contributed by atoms with Crippen molar-refractivity contribution in [2.45, 2.75) is 50.5 Å². The lowest BCUT2D eigenvalue weighted by Crippen LogP contribution is -2.70. The van der Waals surface area contributed by atoms with E-state index in [0.29, 0.717) is 30.6 Å². The van der Waals surface area contributed by atoms with E-state index in [1.807, 2.05) is 0 Å². The van der Waals surface area contributed by atoms with E-state index in [1.165, 1.54) is 23.2 Å². The number of amides is 1. The molecule has 1 amide bonds. The van der Waals surface area contributed by atoms with Gasteiger partial charge in [-0.2, -0.15) is 0 Å². The number of nitrogens with zero attached hydrogens (tertiary/aromatic N) is 2. The molecule has 0 aromatic carbocycles. The van der Waals surface area contributed by atoms with Gasteiger partial charge in [0.1, 0.15) is 11.5 Å². The highest BCUT2D eigenvalue weighted by Crippen LogP contribution is 2.44. The van der Waals surface area contributed by atoms with Gasteiger partial charge in [-0.05, 0) is 36.8 Å². The first-order chi connectivity index (χ1) is 16.5. The minimum absolute atomic E-state index is 0.133. The lowest BCUT2D eigenvalue weighted by Gasteiger charge is -2.50. The van der Waals surface area contributed by atoms with Crippen molar-refractivity contribution in [3.8, 4) is 0 Å². The molecule has 12 nitrogen and oxygen atoms in total. The molecule has 0 bridgehead atoms. The first-order valence-electron chi connectivity index (χ1n) is 11.6. The van der Waals surface area contributed by atoms with Gasteiger partial charge >= 0.3 is 11.9 Å². The number of likely N-dealkylation sites (tertiary alicyclic amines) is 1. The Labute approximate surface area is 203 Å². The van der Waals surface area contributed by atoms with Gasteiger partial charge in [0, 0.05) is 12.7 Å². The van der Waals surface area contributed by atoms with Gasteiger partial charge in [0.2, 0.25) is 5.91 Å². The van der Waals surface area contributed by atoms with Gasteiger partial charge in [-0.15, -0.1) is 0 Å². The molecule has 1 aromatic rings. The number of carbonyl (C=O) groups is 4. The van der Waals surface area contributed by atoms with Gasteiger partial charge < -0.3 is 27.4 Å². The number of nitrogens with two attached hydrogens (primary N) is 3. The summed E-state index contributed by atoms with van der Waals surface area (Å²) in [4.78, 5) is 51.7. The summed E-state index contributed by atoms with van der Waals surface area (Å²) in [5.74, 6) is -3.82. The number of pyridine rings is 1. The molecule has 12 heteroatoms. The Bertz CT molecular complexity index is 913. The minimum Gasteiger partial charge on any atom is -0.480 e. The standard InChI is InChI=1S/C16H26N2O5.C7H8N4O/c17-9-13(19)16(15(22)23)12(11-5-2-1-3-6-11)7-4-8-18(16)10-14(20)21;8-6(9)5-2-1-4(3-11-5)7(10)12/h11-12H,1-10,17H2,(H,20,21)(H,22,23);1-3H,(H3,8,9)(H2,10,12). The molecule has 1 saturated carbocycles. The van der Waals surface area contributed by atoms with Crippen LogP contribution in [0.15, 0.2) is 18.3 Å². The second kappa shape index (κ2) is 12.4. The van der Waals surface area contributed by atoms with Crippen molar-refractivity contribution in [1.29, 1.82) is 5.41 Å². The monoisotopic (exact) mass is 490 g/mol. The molecular weight excluding hydrogens is 456 g/mol. The predicted octanol–water partition coefficient (Wildman–Crippen LogP) is 0.179. The lowest BCUT2D eigenvalue weighted by atomic mass is 9.64. The summed E-state index contributed by atoms with van der Waals surface area (Å²) in [5.41, 5.74) is 14.5. The van der Waals surface area contributed by atoms with Crippen LogP contribution in [-0.4, -0.2) is 74.7 Å². The molecule has 2 fully saturated rings. The number of nitrogen functional groups attached to an aromatic ring is 1. The van der Waals surface area contributed by atoms with Gasteiger partial charge in [-0.1, -0.05) is 32.1 Å². The van der Waals surface area contributed by atoms with E-state index in [9.17, 15) is 24.3 Å². The van der Waals surface area contributed by atoms with Crippen molar-refractivity contribution in [2.75, 3.05) is 19.6 Å². The lowest BCUT2D eigenvalue weighted by molar-refractivity contribution is -0.171. The second-order valence-corrected chi connectivity index (χ2v) is 8.87. The zero-order chi connectivity index (χ0) is 26.2. The number of aliphatic carboxylic acids is 2. The van der Waals surface area contributed by atoms with E-state index in [1.54, 1.807) is 0 Å². The summed E-state index contributed by atoms with van der Waals surface area (Å²) in [6, 6.07) is 2.95. The normalized spacial score (nSPS) is 22.9. The number of hydrogen-bond donors (Lipinski definition) is 6. The summed E-state index contributed by atoms with van der Waals surface area (Å²) >= 11 is 0. The van der Waals surface area contributed by atoms with Crippen molar-refractivity contribution in [3.05, 3.63) is 29.6 Å². The second-order valence-electron chi connectivity index (χ2n) is 8.87.